The van der Waals surface area contributed by atoms with Crippen LogP contribution >= 0.6 is 0 Å². The number of rotatable bonds is 8. The Bertz CT molecular complexity index is 439. The molecule has 146 valence electrons. The normalized spacial score (nSPS) is 16.0. The maximum Gasteiger partial charge on any atom is 0.422 e. The van der Waals surface area contributed by atoms with Crippen LogP contribution in [-0.4, -0.2) is 40.6 Å². The van der Waals surface area contributed by atoms with Crippen molar-refractivity contribution in [3.63, 3.8) is 0 Å². The summed E-state index contributed by atoms with van der Waals surface area (Å²) in [6.45, 7) is 6.97. The van der Waals surface area contributed by atoms with Crippen LogP contribution in [0.3, 0.4) is 0 Å². The number of hydrogen-bond donors (Lipinski definition) is 1. The molecule has 0 spiro atoms. The largest absolute Gasteiger partial charge is 0.422 e. The number of ether oxygens (including phenoxy) is 2. The Kier molecular flexibility index (Phi) is 6.18. The van der Waals surface area contributed by atoms with Gasteiger partial charge in [0.1, 0.15) is 5.60 Å². The molecule has 3 nitrogen and oxygen atoms in total. The molecule has 1 N–H and O–H groups in total. The van der Waals surface area contributed by atoms with Gasteiger partial charge >= 0.3 is 18.1 Å². The third-order valence-electron chi connectivity index (χ3n) is 4.13. The van der Waals surface area contributed by atoms with Crippen molar-refractivity contribution in [1.29, 1.82) is 0 Å². The summed E-state index contributed by atoms with van der Waals surface area (Å²) in [4.78, 5) is 0. The second-order valence-electron chi connectivity index (χ2n) is 7.57. The molecule has 9 heteroatoms. The lowest BCUT2D eigenvalue weighted by Crippen LogP contribution is -2.63. The van der Waals surface area contributed by atoms with Crippen LogP contribution in [0.1, 0.15) is 55.4 Å². The quantitative estimate of drug-likeness (QED) is 0.624. The first-order valence-electron chi connectivity index (χ1n) is 7.36. The van der Waals surface area contributed by atoms with Crippen molar-refractivity contribution < 1.29 is 40.9 Å². The predicted octanol–water partition coefficient (Wildman–Crippen LogP) is 4.82. The van der Waals surface area contributed by atoms with Gasteiger partial charge in [-0.1, -0.05) is 0 Å². The maximum atomic E-state index is 14.3. The smallest absolute Gasteiger partial charge is 0.384 e. The van der Waals surface area contributed by atoms with Crippen LogP contribution in [0, 0.1) is 5.41 Å². The van der Waals surface area contributed by atoms with Crippen LogP contribution in [0.15, 0.2) is 0 Å². The first-order chi connectivity index (χ1) is 10.1. The first-order valence-corrected chi connectivity index (χ1v) is 7.36. The van der Waals surface area contributed by atoms with Crippen molar-refractivity contribution in [2.75, 3.05) is 0 Å². The van der Waals surface area contributed by atoms with E-state index in [1.807, 2.05) is 0 Å². The Balaban J connectivity index is 5.76. The van der Waals surface area contributed by atoms with E-state index in [9.17, 15) is 31.4 Å². The van der Waals surface area contributed by atoms with E-state index in [4.69, 9.17) is 0 Å². The molecule has 0 aromatic carbocycles. The molecule has 0 aromatic rings. The van der Waals surface area contributed by atoms with Crippen molar-refractivity contribution in [3.05, 3.63) is 0 Å². The summed E-state index contributed by atoms with van der Waals surface area (Å²) in [6, 6.07) is 0. The van der Waals surface area contributed by atoms with Crippen molar-refractivity contribution in [3.8, 4) is 0 Å². The van der Waals surface area contributed by atoms with Crippen LogP contribution in [0.2, 0.25) is 0 Å². The molecule has 0 fully saturated rings. The molecule has 0 bridgehead atoms. The van der Waals surface area contributed by atoms with Crippen LogP contribution < -0.4 is 0 Å². The van der Waals surface area contributed by atoms with Gasteiger partial charge in [-0.25, -0.2) is 0 Å². The van der Waals surface area contributed by atoms with E-state index in [0.717, 1.165) is 27.7 Å². The van der Waals surface area contributed by atoms with Crippen molar-refractivity contribution in [2.24, 2.45) is 5.41 Å². The zero-order valence-electron chi connectivity index (χ0n) is 15.1. The van der Waals surface area contributed by atoms with Crippen LogP contribution in [0.5, 0.6) is 0 Å². The van der Waals surface area contributed by atoms with Crippen LogP contribution in [-0.2, 0) is 9.47 Å². The first kappa shape index (κ1) is 23.5. The van der Waals surface area contributed by atoms with Gasteiger partial charge in [-0.05, 0) is 55.4 Å². The highest BCUT2D eigenvalue weighted by Gasteiger charge is 2.70. The lowest BCUT2D eigenvalue weighted by Gasteiger charge is -2.48. The molecule has 24 heavy (non-hydrogen) atoms. The highest BCUT2D eigenvalue weighted by atomic mass is 19.3. The fourth-order valence-electron chi connectivity index (χ4n) is 1.66. The molecule has 0 amide bonds. The van der Waals surface area contributed by atoms with Crippen molar-refractivity contribution in [2.45, 2.75) is 90.8 Å². The van der Waals surface area contributed by atoms with Gasteiger partial charge in [-0.2, -0.15) is 26.3 Å². The van der Waals surface area contributed by atoms with Gasteiger partial charge < -0.3 is 14.6 Å². The molecule has 0 aliphatic heterocycles. The van der Waals surface area contributed by atoms with E-state index in [0.29, 0.717) is 13.8 Å². The SMILES string of the molecule is CC(C)OC(F)(F)C(C)(C)C(C)(C)OC(F)(F)C(F)(F)C(C)(C)O. The number of alkyl halides is 6. The summed E-state index contributed by atoms with van der Waals surface area (Å²) in [6.07, 6.45) is -10.1. The lowest BCUT2D eigenvalue weighted by atomic mass is 9.75. The molecule has 0 saturated heterocycles. The van der Waals surface area contributed by atoms with Gasteiger partial charge in [-0.3, -0.25) is 0 Å². The van der Waals surface area contributed by atoms with E-state index in [1.165, 1.54) is 13.8 Å². The molecule has 0 aliphatic carbocycles. The van der Waals surface area contributed by atoms with Crippen molar-refractivity contribution in [1.82, 2.24) is 0 Å². The van der Waals surface area contributed by atoms with Gasteiger partial charge in [0.15, 0.2) is 0 Å². The third-order valence-corrected chi connectivity index (χ3v) is 4.13. The summed E-state index contributed by atoms with van der Waals surface area (Å²) in [5.41, 5.74) is -7.97. The average Bonchev–Trinajstić information content (AvgIpc) is 2.22. The van der Waals surface area contributed by atoms with E-state index < -0.39 is 40.9 Å². The van der Waals surface area contributed by atoms with Gasteiger partial charge in [0.2, 0.25) is 0 Å². The van der Waals surface area contributed by atoms with Gasteiger partial charge in [0, 0.05) is 0 Å². The Labute approximate surface area is 138 Å². The molecule has 0 rings (SSSR count). The average molecular weight is 368 g/mol. The standard InChI is InChI=1S/C15H26F6O3/c1-9(2)23-14(18,19)10(3,4)12(7,8)24-15(20,21)13(16,17)11(5,6)22/h9,22H,1-8H3. The summed E-state index contributed by atoms with van der Waals surface area (Å²) < 4.78 is 92.6. The molecule has 0 saturated carbocycles. The number of halogens is 6. The highest BCUT2D eigenvalue weighted by Crippen LogP contribution is 2.52. The zero-order chi connectivity index (χ0) is 20.0. The van der Waals surface area contributed by atoms with Gasteiger partial charge in [-0.15, -0.1) is 0 Å². The molecule has 0 aliphatic rings. The molecule has 0 aromatic heterocycles. The minimum Gasteiger partial charge on any atom is -0.384 e. The van der Waals surface area contributed by atoms with E-state index in [1.54, 1.807) is 0 Å². The van der Waals surface area contributed by atoms with E-state index >= 15 is 0 Å². The van der Waals surface area contributed by atoms with E-state index in [-0.39, 0.29) is 0 Å². The number of aliphatic hydroxyl groups is 1. The fraction of sp³-hybridized carbons (Fsp3) is 1.00. The number of hydrogen-bond acceptors (Lipinski definition) is 3. The van der Waals surface area contributed by atoms with Crippen molar-refractivity contribution >= 4 is 0 Å². The molecular formula is C15H26F6O3. The van der Waals surface area contributed by atoms with E-state index in [2.05, 4.69) is 9.47 Å². The molecular weight excluding hydrogens is 342 g/mol. The van der Waals surface area contributed by atoms with Crippen LogP contribution in [0.4, 0.5) is 26.3 Å². The monoisotopic (exact) mass is 368 g/mol. The second kappa shape index (κ2) is 6.32. The molecule has 0 radical (unpaired) electrons. The highest BCUT2D eigenvalue weighted by molar-refractivity contribution is 4.99. The Hall–Kier alpha value is -0.540. The summed E-state index contributed by atoms with van der Waals surface area (Å²) in [5, 5.41) is 9.28. The lowest BCUT2D eigenvalue weighted by molar-refractivity contribution is -0.436. The second-order valence-corrected chi connectivity index (χ2v) is 7.57. The zero-order valence-corrected chi connectivity index (χ0v) is 15.1. The van der Waals surface area contributed by atoms with Crippen LogP contribution in [0.25, 0.3) is 0 Å². The third kappa shape index (κ3) is 4.16. The topological polar surface area (TPSA) is 38.7 Å². The summed E-state index contributed by atoms with van der Waals surface area (Å²) >= 11 is 0. The predicted molar refractivity (Wildman–Crippen MR) is 76.3 cm³/mol. The van der Waals surface area contributed by atoms with Gasteiger partial charge in [0.05, 0.1) is 17.1 Å². The Morgan fingerprint density at radius 2 is 1.12 bits per heavy atom. The molecule has 0 atom stereocenters. The van der Waals surface area contributed by atoms with Gasteiger partial charge in [0.25, 0.3) is 0 Å². The minimum atomic E-state index is -5.19. The summed E-state index contributed by atoms with van der Waals surface area (Å²) in [5.74, 6) is -5.01. The molecule has 0 unspecified atom stereocenters. The Morgan fingerprint density at radius 1 is 0.750 bits per heavy atom. The fourth-order valence-corrected chi connectivity index (χ4v) is 1.66. The summed E-state index contributed by atoms with van der Waals surface area (Å²) in [7, 11) is 0. The molecule has 0 heterocycles. The maximum absolute atomic E-state index is 14.3. The Morgan fingerprint density at radius 3 is 1.42 bits per heavy atom. The minimum absolute atomic E-state index is 0.471.